The molecule has 3 nitrogen and oxygen atoms in total. The lowest BCUT2D eigenvalue weighted by Gasteiger charge is -2.34. The van der Waals surface area contributed by atoms with E-state index < -0.39 is 0 Å². The van der Waals surface area contributed by atoms with Crippen LogP contribution in [0.2, 0.25) is 0 Å². The van der Waals surface area contributed by atoms with Gasteiger partial charge in [0.15, 0.2) is 0 Å². The van der Waals surface area contributed by atoms with Crippen molar-refractivity contribution in [1.82, 2.24) is 15.2 Å². The highest BCUT2D eigenvalue weighted by molar-refractivity contribution is 7.07. The number of nitrogens with zero attached hydrogens (tertiary/aromatic N) is 2. The molecule has 0 aliphatic carbocycles. The van der Waals surface area contributed by atoms with Gasteiger partial charge in [0, 0.05) is 44.0 Å². The first-order valence-electron chi connectivity index (χ1n) is 6.57. The maximum Gasteiger partial charge on any atom is 0.0794 e. The van der Waals surface area contributed by atoms with Gasteiger partial charge in [-0.15, -0.1) is 11.3 Å². The van der Waals surface area contributed by atoms with Crippen LogP contribution in [0.15, 0.2) is 10.9 Å². The summed E-state index contributed by atoms with van der Waals surface area (Å²) >= 11 is 1.69. The Labute approximate surface area is 108 Å². The van der Waals surface area contributed by atoms with Crippen molar-refractivity contribution in [3.05, 3.63) is 16.6 Å². The van der Waals surface area contributed by atoms with Gasteiger partial charge < -0.3 is 10.2 Å². The highest BCUT2D eigenvalue weighted by atomic mass is 32.1. The van der Waals surface area contributed by atoms with E-state index in [1.54, 1.807) is 11.3 Å². The van der Waals surface area contributed by atoms with Crippen molar-refractivity contribution in [2.24, 2.45) is 5.92 Å². The van der Waals surface area contributed by atoms with Crippen LogP contribution in [-0.2, 0) is 6.42 Å². The zero-order chi connectivity index (χ0) is 12.1. The molecule has 96 valence electrons. The summed E-state index contributed by atoms with van der Waals surface area (Å²) in [5, 5.41) is 5.78. The lowest BCUT2D eigenvalue weighted by atomic mass is 10.0. The number of rotatable bonds is 5. The molecule has 1 aromatic rings. The quantitative estimate of drug-likeness (QED) is 0.870. The molecule has 0 aromatic carbocycles. The molecule has 0 radical (unpaired) electrons. The molecule has 1 aliphatic heterocycles. The molecule has 1 atom stereocenters. The molecule has 0 spiro atoms. The van der Waals surface area contributed by atoms with Gasteiger partial charge in [-0.2, -0.15) is 0 Å². The van der Waals surface area contributed by atoms with Gasteiger partial charge in [-0.25, -0.2) is 4.98 Å². The second kappa shape index (κ2) is 6.47. The highest BCUT2D eigenvalue weighted by Crippen LogP contribution is 2.10. The Hall–Kier alpha value is -0.450. The summed E-state index contributed by atoms with van der Waals surface area (Å²) in [7, 11) is 0. The molecule has 17 heavy (non-hydrogen) atoms. The maximum atomic E-state index is 4.34. The molecule has 0 amide bonds. The van der Waals surface area contributed by atoms with Crippen molar-refractivity contribution in [3.8, 4) is 0 Å². The third-order valence-electron chi connectivity index (χ3n) is 3.26. The van der Waals surface area contributed by atoms with Crippen LogP contribution in [0.25, 0.3) is 0 Å². The molecule has 1 aliphatic rings. The third-order valence-corrected chi connectivity index (χ3v) is 3.90. The predicted octanol–water partition coefficient (Wildman–Crippen LogP) is 2.01. The Morgan fingerprint density at radius 2 is 2.47 bits per heavy atom. The number of thiazole rings is 1. The first-order valence-corrected chi connectivity index (χ1v) is 7.51. The van der Waals surface area contributed by atoms with Crippen LogP contribution in [0.3, 0.4) is 0 Å². The zero-order valence-electron chi connectivity index (χ0n) is 10.9. The Bertz CT molecular complexity index is 310. The van der Waals surface area contributed by atoms with E-state index in [0.717, 1.165) is 25.4 Å². The van der Waals surface area contributed by atoms with E-state index in [-0.39, 0.29) is 0 Å². The van der Waals surface area contributed by atoms with Crippen LogP contribution in [0.4, 0.5) is 0 Å². The van der Waals surface area contributed by atoms with Gasteiger partial charge >= 0.3 is 0 Å². The van der Waals surface area contributed by atoms with Crippen LogP contribution in [0, 0.1) is 5.92 Å². The molecule has 4 heteroatoms. The smallest absolute Gasteiger partial charge is 0.0794 e. The number of nitrogens with one attached hydrogen (secondary N) is 1. The normalized spacial score (nSPS) is 22.2. The Morgan fingerprint density at radius 3 is 3.18 bits per heavy atom. The average Bonchev–Trinajstić information content (AvgIpc) is 2.79. The molecule has 2 rings (SSSR count). The predicted molar refractivity (Wildman–Crippen MR) is 73.5 cm³/mol. The molecule has 2 heterocycles. The summed E-state index contributed by atoms with van der Waals surface area (Å²) in [5.74, 6) is 0.783. The fourth-order valence-electron chi connectivity index (χ4n) is 2.46. The minimum atomic E-state index is 0.680. The number of hydrogen-bond donors (Lipinski definition) is 1. The molecule has 1 N–H and O–H groups in total. The van der Waals surface area contributed by atoms with Gasteiger partial charge in [0.25, 0.3) is 0 Å². The SMILES string of the molecule is CC(C)CC1CN(CCc2cscn2)CCN1. The second-order valence-electron chi connectivity index (χ2n) is 5.31. The fraction of sp³-hybridized carbons (Fsp3) is 0.769. The summed E-state index contributed by atoms with van der Waals surface area (Å²) in [5.41, 5.74) is 3.17. The van der Waals surface area contributed by atoms with E-state index in [1.165, 1.54) is 25.2 Å². The Kier molecular flexibility index (Phi) is 4.95. The summed E-state index contributed by atoms with van der Waals surface area (Å²) in [6, 6.07) is 0.680. The molecule has 0 bridgehead atoms. The van der Waals surface area contributed by atoms with Crippen molar-refractivity contribution in [1.29, 1.82) is 0 Å². The van der Waals surface area contributed by atoms with E-state index in [4.69, 9.17) is 0 Å². The van der Waals surface area contributed by atoms with Crippen molar-refractivity contribution in [2.75, 3.05) is 26.2 Å². The molecule has 1 unspecified atom stereocenters. The first-order chi connectivity index (χ1) is 8.24. The van der Waals surface area contributed by atoms with Gasteiger partial charge in [0.05, 0.1) is 11.2 Å². The van der Waals surface area contributed by atoms with Crippen molar-refractivity contribution < 1.29 is 0 Å². The lowest BCUT2D eigenvalue weighted by Crippen LogP contribution is -2.51. The Balaban J connectivity index is 1.73. The molecule has 1 aromatic heterocycles. The summed E-state index contributed by atoms with van der Waals surface area (Å²) in [6.45, 7) is 9.27. The van der Waals surface area contributed by atoms with Gasteiger partial charge in [-0.05, 0) is 12.3 Å². The monoisotopic (exact) mass is 253 g/mol. The van der Waals surface area contributed by atoms with Gasteiger partial charge in [-0.3, -0.25) is 0 Å². The molecule has 1 fully saturated rings. The topological polar surface area (TPSA) is 28.2 Å². The number of piperazine rings is 1. The summed E-state index contributed by atoms with van der Waals surface area (Å²) in [4.78, 5) is 6.92. The fourth-order valence-corrected chi connectivity index (χ4v) is 3.05. The minimum absolute atomic E-state index is 0.680. The molecule has 1 saturated heterocycles. The van der Waals surface area contributed by atoms with Gasteiger partial charge in [-0.1, -0.05) is 13.8 Å². The maximum absolute atomic E-state index is 4.34. The van der Waals surface area contributed by atoms with Crippen molar-refractivity contribution >= 4 is 11.3 Å². The van der Waals surface area contributed by atoms with E-state index >= 15 is 0 Å². The number of hydrogen-bond acceptors (Lipinski definition) is 4. The summed E-state index contributed by atoms with van der Waals surface area (Å²) < 4.78 is 0. The largest absolute Gasteiger partial charge is 0.311 e. The van der Waals surface area contributed by atoms with Crippen LogP contribution in [0.1, 0.15) is 26.0 Å². The number of aromatic nitrogens is 1. The minimum Gasteiger partial charge on any atom is -0.311 e. The van der Waals surface area contributed by atoms with E-state index in [1.807, 2.05) is 5.51 Å². The van der Waals surface area contributed by atoms with Gasteiger partial charge in [0.1, 0.15) is 0 Å². The van der Waals surface area contributed by atoms with E-state index in [2.05, 4.69) is 34.4 Å². The van der Waals surface area contributed by atoms with E-state index in [0.29, 0.717) is 6.04 Å². The van der Waals surface area contributed by atoms with E-state index in [9.17, 15) is 0 Å². The van der Waals surface area contributed by atoms with Gasteiger partial charge in [0.2, 0.25) is 0 Å². The highest BCUT2D eigenvalue weighted by Gasteiger charge is 2.19. The first kappa shape index (κ1) is 13.0. The molecular weight excluding hydrogens is 230 g/mol. The third kappa shape index (κ3) is 4.37. The standard InChI is InChI=1S/C13H23N3S/c1-11(2)7-13-8-16(6-4-14-13)5-3-12-9-17-10-15-12/h9-11,13-14H,3-8H2,1-2H3. The summed E-state index contributed by atoms with van der Waals surface area (Å²) in [6.07, 6.45) is 2.38. The van der Waals surface area contributed by atoms with Crippen LogP contribution >= 0.6 is 11.3 Å². The molecular formula is C13H23N3S. The average molecular weight is 253 g/mol. The Morgan fingerprint density at radius 1 is 1.59 bits per heavy atom. The van der Waals surface area contributed by atoms with Crippen molar-refractivity contribution in [3.63, 3.8) is 0 Å². The lowest BCUT2D eigenvalue weighted by molar-refractivity contribution is 0.188. The zero-order valence-corrected chi connectivity index (χ0v) is 11.7. The van der Waals surface area contributed by atoms with Crippen molar-refractivity contribution in [2.45, 2.75) is 32.7 Å². The van der Waals surface area contributed by atoms with Crippen LogP contribution < -0.4 is 5.32 Å². The second-order valence-corrected chi connectivity index (χ2v) is 6.03. The molecule has 0 saturated carbocycles. The van der Waals surface area contributed by atoms with Crippen LogP contribution in [0.5, 0.6) is 0 Å². The van der Waals surface area contributed by atoms with Crippen LogP contribution in [-0.4, -0.2) is 42.1 Å².